The first-order valence-electron chi connectivity index (χ1n) is 8.44. The molecule has 0 saturated heterocycles. The first kappa shape index (κ1) is 19.7. The van der Waals surface area contributed by atoms with Crippen LogP contribution in [0.1, 0.15) is 38.8 Å². The van der Waals surface area contributed by atoms with E-state index >= 15 is 0 Å². The van der Waals surface area contributed by atoms with Crippen molar-refractivity contribution in [1.29, 1.82) is 0 Å². The average molecular weight is 326 g/mol. The number of aliphatic hydroxyl groups is 1. The van der Waals surface area contributed by atoms with Crippen LogP contribution >= 0.6 is 0 Å². The van der Waals surface area contributed by atoms with Gasteiger partial charge in [-0.3, -0.25) is 0 Å². The zero-order valence-corrected chi connectivity index (χ0v) is 15.1. The molecular formula is C21H26O3. The van der Waals surface area contributed by atoms with E-state index in [-0.39, 0.29) is 6.61 Å². The van der Waals surface area contributed by atoms with Gasteiger partial charge in [-0.25, -0.2) is 4.79 Å². The van der Waals surface area contributed by atoms with Gasteiger partial charge in [0.2, 0.25) is 0 Å². The highest BCUT2D eigenvalue weighted by molar-refractivity contribution is 5.87. The number of rotatable bonds is 2. The third-order valence-corrected chi connectivity index (χ3v) is 3.49. The van der Waals surface area contributed by atoms with Crippen LogP contribution < -0.4 is 5.63 Å². The molecule has 1 N–H and O–H groups in total. The molecule has 128 valence electrons. The largest absolute Gasteiger partial charge is 0.422 e. The maximum absolute atomic E-state index is 12.3. The van der Waals surface area contributed by atoms with Gasteiger partial charge in [0.1, 0.15) is 5.58 Å². The highest BCUT2D eigenvalue weighted by Gasteiger charge is 2.16. The smallest absolute Gasteiger partial charge is 0.344 e. The molecule has 2 aromatic carbocycles. The molecule has 0 radical (unpaired) electrons. The van der Waals surface area contributed by atoms with Crippen LogP contribution in [0.15, 0.2) is 57.7 Å². The van der Waals surface area contributed by atoms with Gasteiger partial charge in [0, 0.05) is 10.9 Å². The van der Waals surface area contributed by atoms with Crippen molar-refractivity contribution in [1.82, 2.24) is 0 Å². The molecule has 0 aliphatic heterocycles. The van der Waals surface area contributed by atoms with Gasteiger partial charge in [-0.2, -0.15) is 0 Å². The van der Waals surface area contributed by atoms with Gasteiger partial charge in [-0.05, 0) is 24.1 Å². The van der Waals surface area contributed by atoms with Crippen molar-refractivity contribution in [2.75, 3.05) is 0 Å². The summed E-state index contributed by atoms with van der Waals surface area (Å²) in [6, 6.07) is 14.9. The van der Waals surface area contributed by atoms with Gasteiger partial charge in [0.15, 0.2) is 0 Å². The van der Waals surface area contributed by atoms with E-state index in [0.29, 0.717) is 16.7 Å². The Morgan fingerprint density at radius 1 is 0.917 bits per heavy atom. The number of benzene rings is 2. The minimum absolute atomic E-state index is 0.199. The minimum Gasteiger partial charge on any atom is -0.422 e. The first-order chi connectivity index (χ1) is 11.7. The van der Waals surface area contributed by atoms with E-state index in [4.69, 9.17) is 4.42 Å². The summed E-state index contributed by atoms with van der Waals surface area (Å²) in [4.78, 5) is 12.3. The van der Waals surface area contributed by atoms with Crippen molar-refractivity contribution in [2.24, 2.45) is 0 Å². The summed E-state index contributed by atoms with van der Waals surface area (Å²) < 4.78 is 5.38. The molecule has 3 nitrogen and oxygen atoms in total. The number of hydrogen-bond acceptors (Lipinski definition) is 3. The molecule has 3 aromatic rings. The fourth-order valence-electron chi connectivity index (χ4n) is 2.50. The van der Waals surface area contributed by atoms with Crippen molar-refractivity contribution in [2.45, 2.75) is 41.2 Å². The summed E-state index contributed by atoms with van der Waals surface area (Å²) in [5.41, 5.74) is 2.93. The van der Waals surface area contributed by atoms with Crippen molar-refractivity contribution < 1.29 is 9.52 Å². The molecule has 0 aliphatic carbocycles. The molecule has 3 rings (SSSR count). The van der Waals surface area contributed by atoms with Crippen LogP contribution in [0.5, 0.6) is 0 Å². The lowest BCUT2D eigenvalue weighted by molar-refractivity contribution is 0.283. The van der Waals surface area contributed by atoms with Gasteiger partial charge < -0.3 is 9.52 Å². The van der Waals surface area contributed by atoms with E-state index in [1.165, 1.54) is 0 Å². The number of para-hydroxylation sites is 1. The van der Waals surface area contributed by atoms with E-state index in [1.807, 2.05) is 71.0 Å². The third-order valence-electron chi connectivity index (χ3n) is 3.49. The fourth-order valence-corrected chi connectivity index (χ4v) is 2.50. The maximum atomic E-state index is 12.3. The average Bonchev–Trinajstić information content (AvgIpc) is 2.64. The Morgan fingerprint density at radius 2 is 1.50 bits per heavy atom. The summed E-state index contributed by atoms with van der Waals surface area (Å²) in [5, 5.41) is 10.5. The van der Waals surface area contributed by atoms with Gasteiger partial charge >= 0.3 is 5.63 Å². The standard InChI is InChI=1S/C17H14O3.2C2H6/c1-11-6-2-3-7-12(11)16-14(10-18)13-8-4-5-9-15(13)20-17(16)19;2*1-2/h2-9,18H,10H2,1H3;2*1-2H3. The van der Waals surface area contributed by atoms with Crippen LogP contribution in [0.25, 0.3) is 22.1 Å². The van der Waals surface area contributed by atoms with Crippen LogP contribution in [-0.2, 0) is 6.61 Å². The van der Waals surface area contributed by atoms with Gasteiger partial charge in [0.25, 0.3) is 0 Å². The second kappa shape index (κ2) is 9.68. The Bertz CT molecular complexity index is 832. The van der Waals surface area contributed by atoms with Crippen LogP contribution in [0.3, 0.4) is 0 Å². The molecular weight excluding hydrogens is 300 g/mol. The van der Waals surface area contributed by atoms with E-state index in [0.717, 1.165) is 16.5 Å². The molecule has 1 aromatic heterocycles. The lowest BCUT2D eigenvalue weighted by Gasteiger charge is -2.11. The molecule has 1 heterocycles. The number of fused-ring (bicyclic) bond motifs is 1. The quantitative estimate of drug-likeness (QED) is 0.649. The molecule has 0 saturated carbocycles. The second-order valence-corrected chi connectivity index (χ2v) is 4.71. The Labute approximate surface area is 143 Å². The van der Waals surface area contributed by atoms with Crippen molar-refractivity contribution in [3.63, 3.8) is 0 Å². The zero-order valence-electron chi connectivity index (χ0n) is 15.1. The summed E-state index contributed by atoms with van der Waals surface area (Å²) in [6.07, 6.45) is 0. The van der Waals surface area contributed by atoms with Gasteiger partial charge in [0.05, 0.1) is 12.2 Å². The molecule has 0 spiro atoms. The Kier molecular flexibility index (Phi) is 7.93. The summed E-state index contributed by atoms with van der Waals surface area (Å²) in [6.45, 7) is 9.74. The molecule has 0 aliphatic rings. The van der Waals surface area contributed by atoms with Crippen LogP contribution in [-0.4, -0.2) is 5.11 Å². The summed E-state index contributed by atoms with van der Waals surface area (Å²) in [5.74, 6) is 0. The summed E-state index contributed by atoms with van der Waals surface area (Å²) >= 11 is 0. The van der Waals surface area contributed by atoms with E-state index in [2.05, 4.69) is 0 Å². The minimum atomic E-state index is -0.415. The number of aryl methyl sites for hydroxylation is 1. The molecule has 0 unspecified atom stereocenters. The third kappa shape index (κ3) is 3.92. The lowest BCUT2D eigenvalue weighted by Crippen LogP contribution is -2.09. The Hall–Kier alpha value is -2.39. The van der Waals surface area contributed by atoms with Gasteiger partial charge in [-0.15, -0.1) is 0 Å². The Balaban J connectivity index is 0.000000671. The molecule has 0 amide bonds. The SMILES string of the molecule is CC.CC.Cc1ccccc1-c1c(CO)c2ccccc2oc1=O. The van der Waals surface area contributed by atoms with Crippen LogP contribution in [0.2, 0.25) is 0 Å². The molecule has 0 bridgehead atoms. The van der Waals surface area contributed by atoms with E-state index in [9.17, 15) is 9.90 Å². The van der Waals surface area contributed by atoms with E-state index in [1.54, 1.807) is 12.1 Å². The topological polar surface area (TPSA) is 50.4 Å². The fraction of sp³-hybridized carbons (Fsp3) is 0.286. The van der Waals surface area contributed by atoms with Crippen molar-refractivity contribution in [3.05, 3.63) is 70.1 Å². The zero-order chi connectivity index (χ0) is 18.1. The second-order valence-electron chi connectivity index (χ2n) is 4.71. The highest BCUT2D eigenvalue weighted by atomic mass is 16.4. The van der Waals surface area contributed by atoms with Crippen molar-refractivity contribution in [3.8, 4) is 11.1 Å². The predicted octanol–water partition coefficient (Wildman–Crippen LogP) is 5.31. The number of hydrogen-bond donors (Lipinski definition) is 1. The molecule has 0 fully saturated rings. The lowest BCUT2D eigenvalue weighted by atomic mass is 9.96. The highest BCUT2D eigenvalue weighted by Crippen LogP contribution is 2.29. The molecule has 0 atom stereocenters. The predicted molar refractivity (Wildman–Crippen MR) is 101 cm³/mol. The van der Waals surface area contributed by atoms with Crippen LogP contribution in [0, 0.1) is 6.92 Å². The van der Waals surface area contributed by atoms with Crippen LogP contribution in [0.4, 0.5) is 0 Å². The van der Waals surface area contributed by atoms with Crippen molar-refractivity contribution >= 4 is 11.0 Å². The monoisotopic (exact) mass is 326 g/mol. The van der Waals surface area contributed by atoms with E-state index < -0.39 is 5.63 Å². The molecule has 24 heavy (non-hydrogen) atoms. The molecule has 3 heteroatoms. The maximum Gasteiger partial charge on any atom is 0.344 e. The Morgan fingerprint density at radius 3 is 2.12 bits per heavy atom. The first-order valence-corrected chi connectivity index (χ1v) is 8.44. The summed E-state index contributed by atoms with van der Waals surface area (Å²) in [7, 11) is 0. The van der Waals surface area contributed by atoms with Gasteiger partial charge in [-0.1, -0.05) is 70.2 Å². The normalized spacial score (nSPS) is 9.58. The number of aliphatic hydroxyl groups excluding tert-OH is 1.